The first-order chi connectivity index (χ1) is 8.91. The van der Waals surface area contributed by atoms with Crippen LogP contribution >= 0.6 is 12.4 Å². The van der Waals surface area contributed by atoms with Gasteiger partial charge in [0.05, 0.1) is 12.4 Å². The second-order valence-corrected chi connectivity index (χ2v) is 7.03. The molecule has 7 nitrogen and oxygen atoms in total. The van der Waals surface area contributed by atoms with Crippen molar-refractivity contribution in [3.05, 3.63) is 0 Å². The molecule has 0 spiro atoms. The van der Waals surface area contributed by atoms with Crippen molar-refractivity contribution in [2.24, 2.45) is 5.73 Å². The Hall–Kier alpha value is -0.410. The highest BCUT2D eigenvalue weighted by atomic mass is 35.5. The van der Waals surface area contributed by atoms with E-state index in [9.17, 15) is 13.2 Å². The Morgan fingerprint density at radius 1 is 1.25 bits per heavy atom. The minimum Gasteiger partial charge on any atom is -0.364 e. The van der Waals surface area contributed by atoms with Crippen molar-refractivity contribution in [2.75, 3.05) is 39.0 Å². The maximum atomic E-state index is 12.2. The standard InChI is InChI=1S/C11H21N3O4S.ClH/c1-19(16,17)14-6-4-13(5-7-14)11(15)10-3-2-9(8-12)18-10;/h9-10H,2-8,12H2,1H3;1H/t9-,10+;/m1./s1. The fraction of sp³-hybridized carbons (Fsp3) is 0.909. The molecular weight excluding hydrogens is 306 g/mol. The number of carbonyl (C=O) groups is 1. The number of piperazine rings is 1. The van der Waals surface area contributed by atoms with Crippen LogP contribution in [0.25, 0.3) is 0 Å². The molecule has 2 atom stereocenters. The third-order valence-corrected chi connectivity index (χ3v) is 4.97. The van der Waals surface area contributed by atoms with E-state index in [1.807, 2.05) is 0 Å². The Labute approximate surface area is 125 Å². The first-order valence-electron chi connectivity index (χ1n) is 6.51. The van der Waals surface area contributed by atoms with Gasteiger partial charge in [-0.3, -0.25) is 4.79 Å². The van der Waals surface area contributed by atoms with E-state index in [4.69, 9.17) is 10.5 Å². The Bertz CT molecular complexity index is 437. The van der Waals surface area contributed by atoms with Gasteiger partial charge in [-0.1, -0.05) is 0 Å². The van der Waals surface area contributed by atoms with Crippen LogP contribution < -0.4 is 5.73 Å². The molecule has 0 aromatic rings. The summed E-state index contributed by atoms with van der Waals surface area (Å²) in [7, 11) is -3.16. The van der Waals surface area contributed by atoms with Crippen LogP contribution in [0.2, 0.25) is 0 Å². The lowest BCUT2D eigenvalue weighted by molar-refractivity contribution is -0.143. The van der Waals surface area contributed by atoms with Crippen LogP contribution in [0.5, 0.6) is 0 Å². The molecule has 2 fully saturated rings. The number of carbonyl (C=O) groups excluding carboxylic acids is 1. The van der Waals surface area contributed by atoms with Gasteiger partial charge in [0, 0.05) is 32.7 Å². The zero-order valence-corrected chi connectivity index (χ0v) is 13.2. The van der Waals surface area contributed by atoms with Crippen LogP contribution in [0.4, 0.5) is 0 Å². The summed E-state index contributed by atoms with van der Waals surface area (Å²) in [6.07, 6.45) is 2.28. The van der Waals surface area contributed by atoms with Crippen LogP contribution in [-0.4, -0.2) is 74.7 Å². The predicted molar refractivity (Wildman–Crippen MR) is 77.2 cm³/mol. The quantitative estimate of drug-likeness (QED) is 0.719. The lowest BCUT2D eigenvalue weighted by Gasteiger charge is -2.34. The number of nitrogens with zero attached hydrogens (tertiary/aromatic N) is 2. The van der Waals surface area contributed by atoms with Gasteiger partial charge in [-0.15, -0.1) is 12.4 Å². The van der Waals surface area contributed by atoms with Crippen molar-refractivity contribution in [2.45, 2.75) is 25.0 Å². The number of rotatable bonds is 3. The summed E-state index contributed by atoms with van der Waals surface area (Å²) in [6.45, 7) is 2.01. The molecule has 2 aliphatic heterocycles. The van der Waals surface area contributed by atoms with Crippen molar-refractivity contribution in [1.29, 1.82) is 0 Å². The van der Waals surface area contributed by atoms with E-state index < -0.39 is 16.1 Å². The highest BCUT2D eigenvalue weighted by molar-refractivity contribution is 7.88. The molecule has 0 radical (unpaired) electrons. The van der Waals surface area contributed by atoms with E-state index in [2.05, 4.69) is 0 Å². The topological polar surface area (TPSA) is 92.9 Å². The van der Waals surface area contributed by atoms with E-state index >= 15 is 0 Å². The zero-order valence-electron chi connectivity index (χ0n) is 11.5. The lowest BCUT2D eigenvalue weighted by atomic mass is 10.1. The van der Waals surface area contributed by atoms with Gasteiger partial charge in [0.1, 0.15) is 6.10 Å². The predicted octanol–water partition coefficient (Wildman–Crippen LogP) is -0.982. The van der Waals surface area contributed by atoms with Gasteiger partial charge < -0.3 is 15.4 Å². The van der Waals surface area contributed by atoms with Crippen LogP contribution in [0.3, 0.4) is 0 Å². The fourth-order valence-corrected chi connectivity index (χ4v) is 3.33. The molecule has 9 heteroatoms. The largest absolute Gasteiger partial charge is 0.364 e. The fourth-order valence-electron chi connectivity index (χ4n) is 2.50. The average molecular weight is 328 g/mol. The maximum Gasteiger partial charge on any atom is 0.251 e. The molecule has 0 aromatic carbocycles. The molecule has 118 valence electrons. The van der Waals surface area contributed by atoms with Crippen LogP contribution in [-0.2, 0) is 19.6 Å². The van der Waals surface area contributed by atoms with Crippen LogP contribution in [0, 0.1) is 0 Å². The molecular formula is C11H22ClN3O4S. The third-order valence-electron chi connectivity index (χ3n) is 3.67. The van der Waals surface area contributed by atoms with Gasteiger partial charge in [0.25, 0.3) is 5.91 Å². The van der Waals surface area contributed by atoms with Crippen molar-refractivity contribution in [3.63, 3.8) is 0 Å². The van der Waals surface area contributed by atoms with Gasteiger partial charge in [0.15, 0.2) is 0 Å². The SMILES string of the molecule is CS(=O)(=O)N1CCN(C(=O)[C@@H]2CC[C@H](CN)O2)CC1.Cl. The molecule has 0 saturated carbocycles. The molecule has 0 aliphatic carbocycles. The highest BCUT2D eigenvalue weighted by Crippen LogP contribution is 2.21. The van der Waals surface area contributed by atoms with E-state index in [1.165, 1.54) is 10.6 Å². The Morgan fingerprint density at radius 2 is 1.85 bits per heavy atom. The highest BCUT2D eigenvalue weighted by Gasteiger charge is 2.35. The summed E-state index contributed by atoms with van der Waals surface area (Å²) in [5.41, 5.74) is 5.52. The van der Waals surface area contributed by atoms with Gasteiger partial charge >= 0.3 is 0 Å². The summed E-state index contributed by atoms with van der Waals surface area (Å²) in [4.78, 5) is 13.9. The Kier molecular flexibility index (Phi) is 6.21. The van der Waals surface area contributed by atoms with Gasteiger partial charge in [-0.05, 0) is 12.8 Å². The van der Waals surface area contributed by atoms with Crippen molar-refractivity contribution in [1.82, 2.24) is 9.21 Å². The molecule has 2 rings (SSSR count). The molecule has 2 aliphatic rings. The number of nitrogens with two attached hydrogens (primary N) is 1. The van der Waals surface area contributed by atoms with E-state index in [1.54, 1.807) is 4.90 Å². The number of ether oxygens (including phenoxy) is 1. The number of sulfonamides is 1. The normalized spacial score (nSPS) is 28.2. The Morgan fingerprint density at radius 3 is 2.30 bits per heavy atom. The lowest BCUT2D eigenvalue weighted by Crippen LogP contribution is -2.52. The average Bonchev–Trinajstić information content (AvgIpc) is 2.86. The third kappa shape index (κ3) is 4.05. The van der Waals surface area contributed by atoms with E-state index in [-0.39, 0.29) is 24.4 Å². The molecule has 0 bridgehead atoms. The second-order valence-electron chi connectivity index (χ2n) is 5.05. The van der Waals surface area contributed by atoms with E-state index in [0.29, 0.717) is 39.1 Å². The first-order valence-corrected chi connectivity index (χ1v) is 8.36. The first kappa shape index (κ1) is 17.6. The van der Waals surface area contributed by atoms with Gasteiger partial charge in [-0.2, -0.15) is 4.31 Å². The summed E-state index contributed by atoms with van der Waals surface area (Å²) >= 11 is 0. The summed E-state index contributed by atoms with van der Waals surface area (Å²) in [5.74, 6) is -0.0379. The number of halogens is 1. The summed E-state index contributed by atoms with van der Waals surface area (Å²) < 4.78 is 29.7. The van der Waals surface area contributed by atoms with Gasteiger partial charge in [-0.25, -0.2) is 8.42 Å². The summed E-state index contributed by atoms with van der Waals surface area (Å²) in [6, 6.07) is 0. The molecule has 0 unspecified atom stereocenters. The molecule has 2 heterocycles. The number of hydrogen-bond acceptors (Lipinski definition) is 5. The maximum absolute atomic E-state index is 12.2. The molecule has 2 N–H and O–H groups in total. The van der Waals surface area contributed by atoms with Crippen molar-refractivity contribution in [3.8, 4) is 0 Å². The minimum absolute atomic E-state index is 0. The smallest absolute Gasteiger partial charge is 0.251 e. The zero-order chi connectivity index (χ0) is 14.0. The van der Waals surface area contributed by atoms with Crippen molar-refractivity contribution < 1.29 is 17.9 Å². The minimum atomic E-state index is -3.16. The summed E-state index contributed by atoms with van der Waals surface area (Å²) in [5, 5.41) is 0. The van der Waals surface area contributed by atoms with Crippen LogP contribution in [0.1, 0.15) is 12.8 Å². The van der Waals surface area contributed by atoms with Crippen LogP contribution in [0.15, 0.2) is 0 Å². The molecule has 20 heavy (non-hydrogen) atoms. The molecule has 1 amide bonds. The second kappa shape index (κ2) is 7.04. The molecule has 2 saturated heterocycles. The monoisotopic (exact) mass is 327 g/mol. The number of amides is 1. The Balaban J connectivity index is 0.00000200. The number of hydrogen-bond donors (Lipinski definition) is 1. The van der Waals surface area contributed by atoms with Crippen molar-refractivity contribution >= 4 is 28.3 Å². The van der Waals surface area contributed by atoms with Gasteiger partial charge in [0.2, 0.25) is 10.0 Å². The van der Waals surface area contributed by atoms with E-state index in [0.717, 1.165) is 6.42 Å². The molecule has 0 aromatic heterocycles.